The van der Waals surface area contributed by atoms with Crippen molar-refractivity contribution >= 4 is 5.91 Å². The number of hydrogen-bond donors (Lipinski definition) is 0. The minimum Gasteiger partial charge on any atom is -0.493 e. The topological polar surface area (TPSA) is 75.7 Å². The fourth-order valence-corrected chi connectivity index (χ4v) is 4.82. The van der Waals surface area contributed by atoms with Gasteiger partial charge in [0.1, 0.15) is 12.4 Å². The molecule has 0 spiro atoms. The molecule has 0 aromatic heterocycles. The van der Waals surface area contributed by atoms with Crippen LogP contribution in [0.4, 0.5) is 0 Å². The lowest BCUT2D eigenvalue weighted by molar-refractivity contribution is 0.0588. The van der Waals surface area contributed by atoms with E-state index in [4.69, 9.17) is 28.4 Å². The number of carbonyl (C=O) groups excluding carboxylic acids is 1. The van der Waals surface area contributed by atoms with Gasteiger partial charge in [-0.3, -0.25) is 4.79 Å². The van der Waals surface area contributed by atoms with E-state index in [2.05, 4.69) is 19.1 Å². The highest BCUT2D eigenvalue weighted by atomic mass is 16.5. The zero-order valence-corrected chi connectivity index (χ0v) is 22.8. The molecule has 0 saturated heterocycles. The molecule has 0 fully saturated rings. The Balaban J connectivity index is 1.73. The maximum absolute atomic E-state index is 14.0. The van der Waals surface area contributed by atoms with Gasteiger partial charge in [0, 0.05) is 12.1 Å². The van der Waals surface area contributed by atoms with Crippen molar-refractivity contribution in [3.05, 3.63) is 70.8 Å². The minimum absolute atomic E-state index is 0.167. The molecular weight excluding hydrogens is 486 g/mol. The van der Waals surface area contributed by atoms with E-state index in [-0.39, 0.29) is 18.6 Å². The van der Waals surface area contributed by atoms with Crippen LogP contribution in [0.5, 0.6) is 34.5 Å². The predicted molar refractivity (Wildman–Crippen MR) is 144 cm³/mol. The third kappa shape index (κ3) is 5.30. The van der Waals surface area contributed by atoms with Crippen molar-refractivity contribution in [1.29, 1.82) is 0 Å². The standard InChI is InChI=1S/C30H35NO7/c1-7-19-8-10-22(11-9-19)38-18-24-23-17-26(34-3)25(33-2)14-20(23)12-13-31(24)30(32)21-15-27(35-4)29(37-6)28(16-21)36-5/h8-11,14-17,24H,7,12-13,18H2,1-6H3. The molecule has 202 valence electrons. The van der Waals surface area contributed by atoms with Crippen LogP contribution in [0.25, 0.3) is 0 Å². The first-order chi connectivity index (χ1) is 18.5. The van der Waals surface area contributed by atoms with Crippen LogP contribution in [0.3, 0.4) is 0 Å². The lowest BCUT2D eigenvalue weighted by atomic mass is 9.91. The summed E-state index contributed by atoms with van der Waals surface area (Å²) in [5.74, 6) is 3.11. The number of rotatable bonds is 10. The summed E-state index contributed by atoms with van der Waals surface area (Å²) in [6, 6.07) is 14.9. The van der Waals surface area contributed by atoms with Gasteiger partial charge < -0.3 is 33.3 Å². The van der Waals surface area contributed by atoms with Crippen LogP contribution in [0.15, 0.2) is 48.5 Å². The average Bonchev–Trinajstić information content (AvgIpc) is 2.97. The molecular formula is C30H35NO7. The molecule has 8 heteroatoms. The first kappa shape index (κ1) is 27.0. The summed E-state index contributed by atoms with van der Waals surface area (Å²) in [5.41, 5.74) is 3.71. The summed E-state index contributed by atoms with van der Waals surface area (Å²) in [4.78, 5) is 15.8. The second-order valence-corrected chi connectivity index (χ2v) is 8.89. The number of amides is 1. The fourth-order valence-electron chi connectivity index (χ4n) is 4.82. The SMILES string of the molecule is CCc1ccc(OCC2c3cc(OC)c(OC)cc3CCN2C(=O)c2cc(OC)c(OC)c(OC)c2)cc1. The van der Waals surface area contributed by atoms with Gasteiger partial charge in [0.05, 0.1) is 41.6 Å². The number of fused-ring (bicyclic) bond motifs is 1. The van der Waals surface area contributed by atoms with Crippen molar-refractivity contribution in [2.24, 2.45) is 0 Å². The van der Waals surface area contributed by atoms with E-state index in [9.17, 15) is 4.79 Å². The summed E-state index contributed by atoms with van der Waals surface area (Å²) in [5, 5.41) is 0. The van der Waals surface area contributed by atoms with E-state index in [1.807, 2.05) is 29.2 Å². The molecule has 0 aliphatic carbocycles. The number of hydrogen-bond acceptors (Lipinski definition) is 7. The monoisotopic (exact) mass is 521 g/mol. The normalized spacial score (nSPS) is 14.4. The van der Waals surface area contributed by atoms with Gasteiger partial charge in [0.15, 0.2) is 23.0 Å². The molecule has 1 aliphatic rings. The zero-order chi connectivity index (χ0) is 27.2. The summed E-state index contributed by atoms with van der Waals surface area (Å²) >= 11 is 0. The third-order valence-corrected chi connectivity index (χ3v) is 6.91. The lowest BCUT2D eigenvalue weighted by Gasteiger charge is -2.37. The molecule has 0 bridgehead atoms. The molecule has 8 nitrogen and oxygen atoms in total. The van der Waals surface area contributed by atoms with E-state index in [1.54, 1.807) is 26.4 Å². The molecule has 0 saturated carbocycles. The van der Waals surface area contributed by atoms with E-state index >= 15 is 0 Å². The predicted octanol–water partition coefficient (Wildman–Crippen LogP) is 5.11. The van der Waals surface area contributed by atoms with Crippen molar-refractivity contribution in [2.45, 2.75) is 25.8 Å². The second kappa shape index (κ2) is 12.0. The van der Waals surface area contributed by atoms with Crippen molar-refractivity contribution in [3.63, 3.8) is 0 Å². The summed E-state index contributed by atoms with van der Waals surface area (Å²) in [7, 11) is 7.82. The molecule has 0 N–H and O–H groups in total. The molecule has 1 amide bonds. The lowest BCUT2D eigenvalue weighted by Crippen LogP contribution is -2.42. The Labute approximate surface area is 224 Å². The molecule has 1 heterocycles. The van der Waals surface area contributed by atoms with Gasteiger partial charge in [-0.15, -0.1) is 0 Å². The molecule has 38 heavy (non-hydrogen) atoms. The average molecular weight is 522 g/mol. The van der Waals surface area contributed by atoms with Crippen LogP contribution in [0, 0.1) is 0 Å². The number of benzene rings is 3. The maximum Gasteiger partial charge on any atom is 0.254 e. The number of carbonyl (C=O) groups is 1. The van der Waals surface area contributed by atoms with E-state index in [0.717, 1.165) is 23.3 Å². The summed E-state index contributed by atoms with van der Waals surface area (Å²) < 4.78 is 33.8. The quantitative estimate of drug-likeness (QED) is 0.367. The van der Waals surface area contributed by atoms with Gasteiger partial charge >= 0.3 is 0 Å². The maximum atomic E-state index is 14.0. The Morgan fingerprint density at radius 1 is 0.816 bits per heavy atom. The number of methoxy groups -OCH3 is 5. The van der Waals surface area contributed by atoms with Crippen LogP contribution in [-0.2, 0) is 12.8 Å². The third-order valence-electron chi connectivity index (χ3n) is 6.91. The van der Waals surface area contributed by atoms with Gasteiger partial charge in [-0.1, -0.05) is 19.1 Å². The molecule has 0 radical (unpaired) electrons. The first-order valence-electron chi connectivity index (χ1n) is 12.5. The number of aryl methyl sites for hydroxylation is 1. The van der Waals surface area contributed by atoms with Gasteiger partial charge in [-0.25, -0.2) is 0 Å². The summed E-state index contributed by atoms with van der Waals surface area (Å²) in [6.45, 7) is 2.88. The molecule has 1 atom stereocenters. The Bertz CT molecular complexity index is 1250. The van der Waals surface area contributed by atoms with E-state index < -0.39 is 0 Å². The van der Waals surface area contributed by atoms with E-state index in [0.29, 0.717) is 47.3 Å². The largest absolute Gasteiger partial charge is 0.493 e. The molecule has 3 aromatic carbocycles. The van der Waals surface area contributed by atoms with Gasteiger partial charge in [0.2, 0.25) is 5.75 Å². The van der Waals surface area contributed by atoms with Crippen LogP contribution < -0.4 is 28.4 Å². The first-order valence-corrected chi connectivity index (χ1v) is 12.5. The van der Waals surface area contributed by atoms with Crippen molar-refractivity contribution in [2.75, 3.05) is 48.7 Å². The van der Waals surface area contributed by atoms with Crippen molar-refractivity contribution < 1.29 is 33.2 Å². The Morgan fingerprint density at radius 2 is 1.42 bits per heavy atom. The van der Waals surface area contributed by atoms with Gasteiger partial charge in [0.25, 0.3) is 5.91 Å². The zero-order valence-electron chi connectivity index (χ0n) is 22.8. The Morgan fingerprint density at radius 3 is 1.97 bits per heavy atom. The van der Waals surface area contributed by atoms with Gasteiger partial charge in [-0.05, 0) is 65.9 Å². The van der Waals surface area contributed by atoms with Crippen LogP contribution in [-0.4, -0.2) is 59.5 Å². The van der Waals surface area contributed by atoms with Crippen LogP contribution >= 0.6 is 0 Å². The smallest absolute Gasteiger partial charge is 0.254 e. The van der Waals surface area contributed by atoms with E-state index in [1.165, 1.54) is 26.9 Å². The van der Waals surface area contributed by atoms with Crippen LogP contribution in [0.1, 0.15) is 40.0 Å². The fraction of sp³-hybridized carbons (Fsp3) is 0.367. The van der Waals surface area contributed by atoms with Crippen molar-refractivity contribution in [1.82, 2.24) is 4.90 Å². The molecule has 1 aliphatic heterocycles. The highest BCUT2D eigenvalue weighted by Gasteiger charge is 2.34. The molecule has 4 rings (SSSR count). The minimum atomic E-state index is -0.365. The number of nitrogens with zero attached hydrogens (tertiary/aromatic N) is 1. The summed E-state index contributed by atoms with van der Waals surface area (Å²) in [6.07, 6.45) is 1.61. The second-order valence-electron chi connectivity index (χ2n) is 8.89. The highest BCUT2D eigenvalue weighted by Crippen LogP contribution is 2.41. The highest BCUT2D eigenvalue weighted by molar-refractivity contribution is 5.96. The molecule has 1 unspecified atom stereocenters. The van der Waals surface area contributed by atoms with Crippen molar-refractivity contribution in [3.8, 4) is 34.5 Å². The van der Waals surface area contributed by atoms with Crippen LogP contribution in [0.2, 0.25) is 0 Å². The molecule has 3 aromatic rings. The Hall–Kier alpha value is -4.07. The van der Waals surface area contributed by atoms with Gasteiger partial charge in [-0.2, -0.15) is 0 Å². The Kier molecular flexibility index (Phi) is 8.51. The number of ether oxygens (including phenoxy) is 6.